The number of ether oxygens (including phenoxy) is 1. The summed E-state index contributed by atoms with van der Waals surface area (Å²) in [4.78, 5) is 25.2. The molecule has 1 saturated heterocycles. The van der Waals surface area contributed by atoms with Crippen molar-refractivity contribution in [3.63, 3.8) is 0 Å². The van der Waals surface area contributed by atoms with Gasteiger partial charge in [0.15, 0.2) is 16.4 Å². The number of rotatable bonds is 5. The highest BCUT2D eigenvalue weighted by molar-refractivity contribution is 7.91. The summed E-state index contributed by atoms with van der Waals surface area (Å²) in [7, 11) is -3.01. The quantitative estimate of drug-likeness (QED) is 0.513. The maximum atomic E-state index is 12.7. The molecule has 0 aromatic carbocycles. The van der Waals surface area contributed by atoms with E-state index in [2.05, 4.69) is 20.8 Å². The van der Waals surface area contributed by atoms with Gasteiger partial charge in [0.1, 0.15) is 0 Å². The minimum atomic E-state index is -3.01. The first-order valence-corrected chi connectivity index (χ1v) is 12.8. The standard InChI is InChI=1S/C23H35NO5S/c1-15-12-20(16(2)24(15)19-10-11-30(27,28)14-19)21(25)13-29-22(26)17-6-8-18(9-7-17)23(3,4)5/h12,17-19H,6-11,13-14H2,1-5H3. The molecule has 0 N–H and O–H groups in total. The Bertz CT molecular complexity index is 914. The number of Topliss-reactive ketones (excluding diaryl/α,β-unsaturated/α-hetero) is 1. The molecule has 1 aromatic heterocycles. The average Bonchev–Trinajstić information content (AvgIpc) is 3.16. The molecule has 1 atom stereocenters. The normalized spacial score (nSPS) is 26.5. The molecule has 30 heavy (non-hydrogen) atoms. The van der Waals surface area contributed by atoms with Gasteiger partial charge in [0.25, 0.3) is 0 Å². The molecule has 2 heterocycles. The fourth-order valence-corrected chi connectivity index (χ4v) is 6.83. The van der Waals surface area contributed by atoms with Gasteiger partial charge in [0.2, 0.25) is 5.78 Å². The Labute approximate surface area is 180 Å². The summed E-state index contributed by atoms with van der Waals surface area (Å²) in [5, 5.41) is 0. The van der Waals surface area contributed by atoms with E-state index >= 15 is 0 Å². The zero-order valence-corrected chi connectivity index (χ0v) is 19.7. The monoisotopic (exact) mass is 437 g/mol. The first kappa shape index (κ1) is 23.0. The van der Waals surface area contributed by atoms with Crippen LogP contribution in [0, 0.1) is 31.1 Å². The van der Waals surface area contributed by atoms with Gasteiger partial charge in [-0.15, -0.1) is 0 Å². The summed E-state index contributed by atoms with van der Waals surface area (Å²) in [5.74, 6) is 0.301. The number of sulfone groups is 1. The van der Waals surface area contributed by atoms with E-state index in [0.29, 0.717) is 17.9 Å². The smallest absolute Gasteiger partial charge is 0.309 e. The van der Waals surface area contributed by atoms with Gasteiger partial charge in [0.05, 0.1) is 17.4 Å². The molecule has 0 bridgehead atoms. The van der Waals surface area contributed by atoms with Crippen molar-refractivity contribution < 1.29 is 22.7 Å². The molecule has 2 aliphatic rings. The number of hydrogen-bond donors (Lipinski definition) is 0. The van der Waals surface area contributed by atoms with Gasteiger partial charge in [-0.1, -0.05) is 20.8 Å². The Morgan fingerprint density at radius 1 is 1.10 bits per heavy atom. The summed E-state index contributed by atoms with van der Waals surface area (Å²) < 4.78 is 31.0. The first-order valence-electron chi connectivity index (χ1n) is 11.0. The van der Waals surface area contributed by atoms with Crippen LogP contribution in [0.1, 0.15) is 80.7 Å². The molecule has 1 unspecified atom stereocenters. The Morgan fingerprint density at radius 2 is 1.73 bits per heavy atom. The Hall–Kier alpha value is -1.63. The van der Waals surface area contributed by atoms with Crippen LogP contribution in [0.5, 0.6) is 0 Å². The van der Waals surface area contributed by atoms with Crippen molar-refractivity contribution in [3.8, 4) is 0 Å². The van der Waals surface area contributed by atoms with Crippen molar-refractivity contribution in [3.05, 3.63) is 23.0 Å². The molecular formula is C23H35NO5S. The van der Waals surface area contributed by atoms with E-state index in [-0.39, 0.29) is 47.2 Å². The molecule has 0 amide bonds. The zero-order chi connectivity index (χ0) is 22.3. The van der Waals surface area contributed by atoms with E-state index in [1.807, 2.05) is 18.4 Å². The molecule has 1 saturated carbocycles. The van der Waals surface area contributed by atoms with Crippen molar-refractivity contribution in [1.29, 1.82) is 0 Å². The van der Waals surface area contributed by atoms with Crippen LogP contribution >= 0.6 is 0 Å². The van der Waals surface area contributed by atoms with Crippen molar-refractivity contribution in [2.24, 2.45) is 17.3 Å². The topological polar surface area (TPSA) is 82.4 Å². The molecule has 3 rings (SSSR count). The van der Waals surface area contributed by atoms with Crippen LogP contribution in [0.4, 0.5) is 0 Å². The predicted molar refractivity (Wildman–Crippen MR) is 116 cm³/mol. The maximum absolute atomic E-state index is 12.7. The number of carbonyl (C=O) groups is 2. The minimum Gasteiger partial charge on any atom is -0.457 e. The number of hydrogen-bond acceptors (Lipinski definition) is 5. The van der Waals surface area contributed by atoms with Gasteiger partial charge in [-0.2, -0.15) is 0 Å². The summed E-state index contributed by atoms with van der Waals surface area (Å²) >= 11 is 0. The lowest BCUT2D eigenvalue weighted by Gasteiger charge is -2.36. The van der Waals surface area contributed by atoms with Crippen LogP contribution in [0.3, 0.4) is 0 Å². The van der Waals surface area contributed by atoms with E-state index in [9.17, 15) is 18.0 Å². The molecule has 0 radical (unpaired) electrons. The van der Waals surface area contributed by atoms with E-state index in [4.69, 9.17) is 4.74 Å². The van der Waals surface area contributed by atoms with Crippen LogP contribution in [-0.4, -0.2) is 42.9 Å². The van der Waals surface area contributed by atoms with Crippen LogP contribution < -0.4 is 0 Å². The van der Waals surface area contributed by atoms with E-state index in [1.165, 1.54) is 0 Å². The highest BCUT2D eigenvalue weighted by Gasteiger charge is 2.34. The fourth-order valence-electron chi connectivity index (χ4n) is 5.13. The summed E-state index contributed by atoms with van der Waals surface area (Å²) in [6.45, 7) is 10.2. The van der Waals surface area contributed by atoms with Gasteiger partial charge in [-0.25, -0.2) is 8.42 Å². The second kappa shape index (κ2) is 8.48. The lowest BCUT2D eigenvalue weighted by atomic mass is 9.70. The van der Waals surface area contributed by atoms with Gasteiger partial charge in [-0.05, 0) is 63.4 Å². The van der Waals surface area contributed by atoms with Crippen LogP contribution in [0.15, 0.2) is 6.07 Å². The Kier molecular flexibility index (Phi) is 6.51. The van der Waals surface area contributed by atoms with E-state index < -0.39 is 9.84 Å². The molecule has 0 spiro atoms. The third-order valence-corrected chi connectivity index (χ3v) is 8.74. The van der Waals surface area contributed by atoms with Gasteiger partial charge in [-0.3, -0.25) is 9.59 Å². The third kappa shape index (κ3) is 4.98. The van der Waals surface area contributed by atoms with Gasteiger partial charge in [0, 0.05) is 23.0 Å². The van der Waals surface area contributed by atoms with Crippen molar-refractivity contribution >= 4 is 21.6 Å². The molecule has 168 valence electrons. The summed E-state index contributed by atoms with van der Waals surface area (Å²) in [5.41, 5.74) is 2.39. The SMILES string of the molecule is Cc1cc(C(=O)COC(=O)C2CCC(C(C)(C)C)CC2)c(C)n1C1CCS(=O)(=O)C1. The number of carbonyl (C=O) groups excluding carboxylic acids is 2. The Balaban J connectivity index is 1.58. The number of esters is 1. The number of ketones is 1. The second-order valence-electron chi connectivity index (χ2n) is 10.2. The van der Waals surface area contributed by atoms with Crippen LogP contribution in [0.2, 0.25) is 0 Å². The molecule has 1 aliphatic carbocycles. The lowest BCUT2D eigenvalue weighted by Crippen LogP contribution is -2.30. The van der Waals surface area contributed by atoms with Crippen molar-refractivity contribution in [2.45, 2.75) is 72.8 Å². The molecule has 1 aliphatic heterocycles. The third-order valence-electron chi connectivity index (χ3n) is 6.99. The minimum absolute atomic E-state index is 0.114. The predicted octanol–water partition coefficient (Wildman–Crippen LogP) is 4.04. The number of nitrogens with zero attached hydrogens (tertiary/aromatic N) is 1. The average molecular weight is 438 g/mol. The zero-order valence-electron chi connectivity index (χ0n) is 18.9. The maximum Gasteiger partial charge on any atom is 0.309 e. The molecular weight excluding hydrogens is 402 g/mol. The summed E-state index contributed by atoms with van der Waals surface area (Å²) in [6, 6.07) is 1.66. The molecule has 6 nitrogen and oxygen atoms in total. The number of aryl methyl sites for hydroxylation is 1. The fraction of sp³-hybridized carbons (Fsp3) is 0.739. The second-order valence-corrected chi connectivity index (χ2v) is 12.4. The molecule has 2 fully saturated rings. The van der Waals surface area contributed by atoms with Crippen molar-refractivity contribution in [2.75, 3.05) is 18.1 Å². The highest BCUT2D eigenvalue weighted by Crippen LogP contribution is 2.40. The largest absolute Gasteiger partial charge is 0.457 e. The van der Waals surface area contributed by atoms with Crippen LogP contribution in [-0.2, 0) is 19.4 Å². The van der Waals surface area contributed by atoms with E-state index in [0.717, 1.165) is 37.1 Å². The molecule has 7 heteroatoms. The lowest BCUT2D eigenvalue weighted by molar-refractivity contribution is -0.149. The Morgan fingerprint density at radius 3 is 2.27 bits per heavy atom. The number of aromatic nitrogens is 1. The van der Waals surface area contributed by atoms with Crippen LogP contribution in [0.25, 0.3) is 0 Å². The van der Waals surface area contributed by atoms with E-state index in [1.54, 1.807) is 6.07 Å². The molecule has 1 aromatic rings. The first-order chi connectivity index (χ1) is 13.9. The van der Waals surface area contributed by atoms with Gasteiger partial charge < -0.3 is 9.30 Å². The summed E-state index contributed by atoms with van der Waals surface area (Å²) in [6.07, 6.45) is 4.24. The highest BCUT2D eigenvalue weighted by atomic mass is 32.2. The van der Waals surface area contributed by atoms with Crippen molar-refractivity contribution in [1.82, 2.24) is 4.57 Å². The van der Waals surface area contributed by atoms with Gasteiger partial charge >= 0.3 is 5.97 Å².